The van der Waals surface area contributed by atoms with E-state index in [1.54, 1.807) is 12.4 Å². The van der Waals surface area contributed by atoms with Gasteiger partial charge in [0.2, 0.25) is 31.7 Å². The van der Waals surface area contributed by atoms with Crippen molar-refractivity contribution >= 4 is 43.6 Å². The van der Waals surface area contributed by atoms with Crippen LogP contribution in [0.1, 0.15) is 75.6 Å². The Morgan fingerprint density at radius 3 is 1.69 bits per heavy atom. The number of aromatic nitrogens is 6. The summed E-state index contributed by atoms with van der Waals surface area (Å²) in [6.07, 6.45) is 11.7. The molecule has 0 saturated heterocycles. The van der Waals surface area contributed by atoms with Gasteiger partial charge in [-0.3, -0.25) is 19.6 Å². The fourth-order valence-corrected chi connectivity index (χ4v) is 10.6. The Morgan fingerprint density at radius 1 is 0.688 bits per heavy atom. The fourth-order valence-electron chi connectivity index (χ4n) is 7.97. The van der Waals surface area contributed by atoms with Gasteiger partial charge in [0.1, 0.15) is 4.90 Å². The molecule has 2 N–H and O–H groups in total. The first kappa shape index (κ1) is 44.9. The third kappa shape index (κ3) is 9.98. The highest BCUT2D eigenvalue weighted by atomic mass is 35.5. The molecule has 4 aromatic heterocycles. The summed E-state index contributed by atoms with van der Waals surface area (Å²) in [4.78, 5) is 42.2. The van der Waals surface area contributed by atoms with Crippen molar-refractivity contribution in [2.45, 2.75) is 88.9 Å². The van der Waals surface area contributed by atoms with Crippen molar-refractivity contribution in [2.75, 3.05) is 13.1 Å². The van der Waals surface area contributed by atoms with Crippen LogP contribution < -0.4 is 9.44 Å². The third-order valence-electron chi connectivity index (χ3n) is 11.4. The van der Waals surface area contributed by atoms with Gasteiger partial charge in [-0.2, -0.15) is 9.97 Å². The molecule has 2 aliphatic rings. The number of nitrogens with zero attached hydrogens (tertiary/aromatic N) is 6. The molecule has 0 fully saturated rings. The predicted octanol–water partition coefficient (Wildman–Crippen LogP) is 6.70. The van der Waals surface area contributed by atoms with Crippen molar-refractivity contribution < 1.29 is 40.2 Å². The zero-order valence-electron chi connectivity index (χ0n) is 35.5. The molecule has 0 bridgehead atoms. The number of nitrogens with one attached hydrogen (secondary N) is 2. The quantitative estimate of drug-likeness (QED) is 0.0853. The van der Waals surface area contributed by atoms with E-state index in [9.17, 15) is 26.4 Å². The van der Waals surface area contributed by atoms with Crippen LogP contribution in [0.5, 0.6) is 0 Å². The Bertz CT molecular complexity index is 2990. The normalized spacial score (nSPS) is 15.6. The summed E-state index contributed by atoms with van der Waals surface area (Å²) in [5.41, 5.74) is 7.37. The number of hydrogen-bond donors (Lipinski definition) is 2. The van der Waals surface area contributed by atoms with Gasteiger partial charge >= 0.3 is 11.9 Å². The number of benzene rings is 2. The summed E-state index contributed by atoms with van der Waals surface area (Å²) in [5, 5.41) is 8.06. The van der Waals surface area contributed by atoms with E-state index in [1.807, 2.05) is 12.4 Å². The van der Waals surface area contributed by atoms with E-state index < -0.39 is 51.4 Å². The number of pyridine rings is 2. The smallest absolute Gasteiger partial charge is 0.314 e. The first-order valence-electron chi connectivity index (χ1n) is 20.6. The number of halogens is 1. The van der Waals surface area contributed by atoms with E-state index in [0.29, 0.717) is 22.9 Å². The maximum absolute atomic E-state index is 13.1. The Labute approximate surface area is 374 Å². The predicted molar refractivity (Wildman–Crippen MR) is 233 cm³/mol. The van der Waals surface area contributed by atoms with Crippen LogP contribution in [0.2, 0.25) is 5.02 Å². The van der Waals surface area contributed by atoms with Crippen LogP contribution in [0.4, 0.5) is 0 Å². The summed E-state index contributed by atoms with van der Waals surface area (Å²) < 4.78 is 72.6. The number of carbonyl (C=O) groups excluding carboxylic acids is 2. The van der Waals surface area contributed by atoms with Gasteiger partial charge in [-0.1, -0.05) is 49.6 Å². The van der Waals surface area contributed by atoms with Gasteiger partial charge in [-0.25, -0.2) is 26.3 Å². The number of esters is 2. The van der Waals surface area contributed by atoms with Crippen LogP contribution in [0.3, 0.4) is 0 Å². The molecular formula is C44H45ClN8O9S2. The van der Waals surface area contributed by atoms with Crippen molar-refractivity contribution in [3.8, 4) is 45.7 Å². The van der Waals surface area contributed by atoms with Crippen molar-refractivity contribution in [2.24, 2.45) is 10.8 Å². The minimum atomic E-state index is -4.20. The SMILES string of the molecule is CC1(C)CCc2c(cncc2-c2nc(-c3ccc(S(=O)(=O)NCCC(=O)OC(=O)CCNS(=O)(=O)c4ccc(-c5noc(-c6cncc7c6CCC(C)(C)C7)n5)cc4Cl)cc3)no2)C1. The molecule has 17 nitrogen and oxygen atoms in total. The number of ether oxygens (including phenoxy) is 1. The van der Waals surface area contributed by atoms with E-state index in [1.165, 1.54) is 42.5 Å². The van der Waals surface area contributed by atoms with E-state index in [4.69, 9.17) is 25.4 Å². The molecule has 20 heteroatoms. The average molecular weight is 929 g/mol. The van der Waals surface area contributed by atoms with Crippen LogP contribution in [0, 0.1) is 10.8 Å². The molecule has 0 atom stereocenters. The minimum absolute atomic E-state index is 0.0811. The summed E-state index contributed by atoms with van der Waals surface area (Å²) in [6, 6.07) is 9.96. The summed E-state index contributed by atoms with van der Waals surface area (Å²) in [5.74, 6) is -0.919. The second-order valence-electron chi connectivity index (χ2n) is 17.5. The second-order valence-corrected chi connectivity index (χ2v) is 21.4. The monoisotopic (exact) mass is 928 g/mol. The minimum Gasteiger partial charge on any atom is -0.393 e. The summed E-state index contributed by atoms with van der Waals surface area (Å²) in [7, 11) is -8.26. The average Bonchev–Trinajstić information content (AvgIpc) is 3.94. The summed E-state index contributed by atoms with van der Waals surface area (Å²) >= 11 is 6.41. The van der Waals surface area contributed by atoms with Gasteiger partial charge in [-0.15, -0.1) is 0 Å². The molecule has 0 amide bonds. The molecule has 6 aromatic rings. The number of fused-ring (bicyclic) bond motifs is 2. The summed E-state index contributed by atoms with van der Waals surface area (Å²) in [6.45, 7) is 8.12. The maximum Gasteiger partial charge on any atom is 0.314 e. The van der Waals surface area contributed by atoms with Gasteiger partial charge in [0.25, 0.3) is 11.8 Å². The van der Waals surface area contributed by atoms with Crippen LogP contribution in [0.25, 0.3) is 45.7 Å². The number of sulfonamides is 2. The van der Waals surface area contributed by atoms with Gasteiger partial charge in [0.15, 0.2) is 0 Å². The standard InChI is InChI=1S/C44H45ClN8O9S2/c1-43(2)15-11-31-28(20-43)22-46-24-33(31)41-50-39(52-61-41)26-5-8-30(9-6-26)63(56,57)48-17-13-37(54)60-38(55)14-18-49-64(58,59)36-10-7-27(19-35(36)45)40-51-42(62-53-40)34-25-47-23-29-21-44(3,4)16-12-32(29)34/h5-10,19,22-25,48-49H,11-18,20-21H2,1-4H3. The second kappa shape index (κ2) is 17.7. The van der Waals surface area contributed by atoms with Crippen LogP contribution >= 0.6 is 11.6 Å². The zero-order valence-corrected chi connectivity index (χ0v) is 37.9. The number of hydrogen-bond acceptors (Lipinski definition) is 15. The fraction of sp³-hybridized carbons (Fsp3) is 0.364. The number of carbonyl (C=O) groups is 2. The number of rotatable bonds is 14. The molecule has 64 heavy (non-hydrogen) atoms. The largest absolute Gasteiger partial charge is 0.393 e. The highest BCUT2D eigenvalue weighted by Gasteiger charge is 2.30. The van der Waals surface area contributed by atoms with E-state index in [-0.39, 0.29) is 43.8 Å². The lowest BCUT2D eigenvalue weighted by Crippen LogP contribution is -2.29. The first-order valence-corrected chi connectivity index (χ1v) is 23.9. The Balaban J connectivity index is 0.789. The molecular weight excluding hydrogens is 884 g/mol. The molecule has 4 heterocycles. The molecule has 0 saturated carbocycles. The molecule has 0 spiro atoms. The van der Waals surface area contributed by atoms with Crippen molar-refractivity contribution in [1.82, 2.24) is 39.7 Å². The van der Waals surface area contributed by atoms with Crippen LogP contribution in [-0.4, -0.2) is 72.1 Å². The molecule has 8 rings (SSSR count). The maximum atomic E-state index is 13.1. The van der Waals surface area contributed by atoms with Crippen LogP contribution in [-0.2, 0) is 60.1 Å². The van der Waals surface area contributed by atoms with Crippen molar-refractivity contribution in [1.29, 1.82) is 0 Å². The highest BCUT2D eigenvalue weighted by Crippen LogP contribution is 2.40. The Morgan fingerprint density at radius 2 is 1.17 bits per heavy atom. The van der Waals surface area contributed by atoms with Gasteiger partial charge < -0.3 is 13.8 Å². The molecule has 0 aliphatic heterocycles. The first-order chi connectivity index (χ1) is 30.4. The van der Waals surface area contributed by atoms with Crippen molar-refractivity contribution in [3.63, 3.8) is 0 Å². The lowest BCUT2D eigenvalue weighted by atomic mass is 9.74. The molecule has 0 unspecified atom stereocenters. The van der Waals surface area contributed by atoms with E-state index >= 15 is 0 Å². The van der Waals surface area contributed by atoms with Crippen molar-refractivity contribution in [3.05, 3.63) is 94.5 Å². The van der Waals surface area contributed by atoms with E-state index in [0.717, 1.165) is 71.9 Å². The van der Waals surface area contributed by atoms with Crippen LogP contribution in [0.15, 0.2) is 86.1 Å². The zero-order chi connectivity index (χ0) is 45.4. The molecule has 2 aliphatic carbocycles. The Kier molecular flexibility index (Phi) is 12.4. The molecule has 2 aromatic carbocycles. The third-order valence-corrected chi connectivity index (χ3v) is 14.8. The van der Waals surface area contributed by atoms with Gasteiger partial charge in [-0.05, 0) is 114 Å². The molecule has 0 radical (unpaired) electrons. The lowest BCUT2D eigenvalue weighted by molar-refractivity contribution is -0.159. The van der Waals surface area contributed by atoms with E-state index in [2.05, 4.69) is 67.4 Å². The topological polar surface area (TPSA) is 239 Å². The molecule has 334 valence electrons. The van der Waals surface area contributed by atoms with Gasteiger partial charge in [0, 0.05) is 49.0 Å². The Hall–Kier alpha value is -5.73. The lowest BCUT2D eigenvalue weighted by Gasteiger charge is -2.31. The van der Waals surface area contributed by atoms with Gasteiger partial charge in [0.05, 0.1) is 33.9 Å². The highest BCUT2D eigenvalue weighted by molar-refractivity contribution is 7.89.